The molecule has 0 aliphatic carbocycles. The average Bonchev–Trinajstić information content (AvgIpc) is 2.53. The minimum absolute atomic E-state index is 0. The molecule has 1 fully saturated rings. The zero-order chi connectivity index (χ0) is 9.23. The van der Waals surface area contributed by atoms with Gasteiger partial charge in [-0.3, -0.25) is 0 Å². The van der Waals surface area contributed by atoms with Crippen LogP contribution in [0.1, 0.15) is 52.4 Å². The summed E-state index contributed by atoms with van der Waals surface area (Å²) >= 11 is 0. The molecule has 2 heteroatoms. The van der Waals surface area contributed by atoms with Gasteiger partial charge in [0.05, 0.1) is 0 Å². The molecular weight excluding hydrogens is 182 g/mol. The van der Waals surface area contributed by atoms with Crippen LogP contribution >= 0.6 is 12.4 Å². The normalized spacial score (nSPS) is 15.9. The van der Waals surface area contributed by atoms with Crippen molar-refractivity contribution >= 4 is 12.4 Å². The molecule has 0 amide bonds. The molecule has 13 heavy (non-hydrogen) atoms. The Hall–Kier alpha value is 0.250. The number of halogens is 1. The molecule has 1 rings (SSSR count). The summed E-state index contributed by atoms with van der Waals surface area (Å²) in [6, 6.07) is 0. The third kappa shape index (κ3) is 12.2. The molecule has 82 valence electrons. The highest BCUT2D eigenvalue weighted by molar-refractivity contribution is 5.85. The molecule has 0 N–H and O–H groups in total. The summed E-state index contributed by atoms with van der Waals surface area (Å²) in [5.74, 6) is 0. The second-order valence-corrected chi connectivity index (χ2v) is 3.72. The molecule has 0 saturated carbocycles. The van der Waals surface area contributed by atoms with E-state index >= 15 is 0 Å². The minimum atomic E-state index is 0. The standard InChI is InChI=1S/C6H14.C5H11N.ClH/c1-3-5-6-4-2;1-6-4-2-3-5-6;/h3-6H2,1-2H3;2-5H2,1H3;1H. The molecule has 0 unspecified atom stereocenters. The van der Waals surface area contributed by atoms with Crippen LogP contribution in [0.5, 0.6) is 0 Å². The van der Waals surface area contributed by atoms with Crippen LogP contribution in [-0.4, -0.2) is 25.0 Å². The quantitative estimate of drug-likeness (QED) is 0.638. The van der Waals surface area contributed by atoms with Crippen molar-refractivity contribution in [2.45, 2.75) is 52.4 Å². The van der Waals surface area contributed by atoms with E-state index in [4.69, 9.17) is 0 Å². The average molecular weight is 208 g/mol. The Morgan fingerprint density at radius 3 is 1.46 bits per heavy atom. The summed E-state index contributed by atoms with van der Waals surface area (Å²) in [6.07, 6.45) is 8.36. The van der Waals surface area contributed by atoms with E-state index in [2.05, 4.69) is 25.8 Å². The molecule has 0 radical (unpaired) electrons. The Morgan fingerprint density at radius 2 is 1.31 bits per heavy atom. The molecule has 1 heterocycles. The first-order chi connectivity index (χ1) is 5.81. The van der Waals surface area contributed by atoms with Crippen LogP contribution in [0.2, 0.25) is 0 Å². The Labute approximate surface area is 90.3 Å². The lowest BCUT2D eigenvalue weighted by molar-refractivity contribution is 0.418. The van der Waals surface area contributed by atoms with Crippen LogP contribution in [0.3, 0.4) is 0 Å². The Morgan fingerprint density at radius 1 is 0.923 bits per heavy atom. The monoisotopic (exact) mass is 207 g/mol. The highest BCUT2D eigenvalue weighted by Crippen LogP contribution is 2.02. The number of nitrogens with zero attached hydrogens (tertiary/aromatic N) is 1. The molecule has 0 aromatic heterocycles. The lowest BCUT2D eigenvalue weighted by Gasteiger charge is -2.01. The third-order valence-electron chi connectivity index (χ3n) is 2.29. The fraction of sp³-hybridized carbons (Fsp3) is 1.00. The third-order valence-corrected chi connectivity index (χ3v) is 2.29. The first-order valence-corrected chi connectivity index (χ1v) is 5.49. The topological polar surface area (TPSA) is 3.24 Å². The lowest BCUT2D eigenvalue weighted by Crippen LogP contribution is -2.10. The highest BCUT2D eigenvalue weighted by Gasteiger charge is 2.03. The van der Waals surface area contributed by atoms with Gasteiger partial charge in [0.15, 0.2) is 0 Å². The van der Waals surface area contributed by atoms with Crippen LogP contribution in [-0.2, 0) is 0 Å². The summed E-state index contributed by atoms with van der Waals surface area (Å²) in [4.78, 5) is 2.36. The van der Waals surface area contributed by atoms with Crippen molar-refractivity contribution < 1.29 is 0 Å². The minimum Gasteiger partial charge on any atom is -0.306 e. The van der Waals surface area contributed by atoms with Gasteiger partial charge in [-0.2, -0.15) is 0 Å². The molecular formula is C11H26ClN. The lowest BCUT2D eigenvalue weighted by atomic mass is 10.2. The second kappa shape index (κ2) is 12.2. The van der Waals surface area contributed by atoms with E-state index in [9.17, 15) is 0 Å². The van der Waals surface area contributed by atoms with Gasteiger partial charge in [-0.05, 0) is 33.0 Å². The molecule has 0 aromatic rings. The van der Waals surface area contributed by atoms with E-state index in [0.29, 0.717) is 0 Å². The van der Waals surface area contributed by atoms with Gasteiger partial charge in [-0.25, -0.2) is 0 Å². The molecule has 0 bridgehead atoms. The van der Waals surface area contributed by atoms with Gasteiger partial charge in [0.2, 0.25) is 0 Å². The molecule has 0 atom stereocenters. The van der Waals surface area contributed by atoms with Gasteiger partial charge in [-0.15, -0.1) is 12.4 Å². The van der Waals surface area contributed by atoms with E-state index in [1.807, 2.05) is 0 Å². The van der Waals surface area contributed by atoms with Crippen LogP contribution in [0.25, 0.3) is 0 Å². The van der Waals surface area contributed by atoms with Crippen molar-refractivity contribution in [3.8, 4) is 0 Å². The largest absolute Gasteiger partial charge is 0.306 e. The molecule has 0 spiro atoms. The maximum absolute atomic E-state index is 2.36. The number of hydrogen-bond donors (Lipinski definition) is 0. The maximum atomic E-state index is 2.36. The van der Waals surface area contributed by atoms with Gasteiger partial charge < -0.3 is 4.90 Å². The first kappa shape index (κ1) is 15.7. The van der Waals surface area contributed by atoms with Crippen LogP contribution in [0.15, 0.2) is 0 Å². The van der Waals surface area contributed by atoms with Gasteiger partial charge in [0, 0.05) is 0 Å². The number of likely N-dealkylation sites (tertiary alicyclic amines) is 1. The molecule has 0 aromatic carbocycles. The summed E-state index contributed by atoms with van der Waals surface area (Å²) < 4.78 is 0. The summed E-state index contributed by atoms with van der Waals surface area (Å²) in [5, 5.41) is 0. The van der Waals surface area contributed by atoms with Crippen molar-refractivity contribution in [1.29, 1.82) is 0 Å². The molecule has 1 aliphatic heterocycles. The summed E-state index contributed by atoms with van der Waals surface area (Å²) in [6.45, 7) is 7.10. The maximum Gasteiger partial charge on any atom is -0.00213 e. The van der Waals surface area contributed by atoms with Crippen molar-refractivity contribution in [2.75, 3.05) is 20.1 Å². The van der Waals surface area contributed by atoms with Crippen molar-refractivity contribution in [3.05, 3.63) is 0 Å². The second-order valence-electron chi connectivity index (χ2n) is 3.72. The van der Waals surface area contributed by atoms with E-state index in [-0.39, 0.29) is 12.4 Å². The number of rotatable bonds is 3. The summed E-state index contributed by atoms with van der Waals surface area (Å²) in [7, 11) is 2.17. The molecule has 1 saturated heterocycles. The van der Waals surface area contributed by atoms with Crippen LogP contribution < -0.4 is 0 Å². The van der Waals surface area contributed by atoms with Gasteiger partial charge in [0.25, 0.3) is 0 Å². The SMILES string of the molecule is CCCCCC.CN1CCCC1.Cl. The van der Waals surface area contributed by atoms with E-state index < -0.39 is 0 Å². The van der Waals surface area contributed by atoms with Crippen molar-refractivity contribution in [3.63, 3.8) is 0 Å². The Balaban J connectivity index is 0. The summed E-state index contributed by atoms with van der Waals surface area (Å²) in [5.41, 5.74) is 0. The zero-order valence-corrected chi connectivity index (χ0v) is 10.3. The zero-order valence-electron chi connectivity index (χ0n) is 9.51. The van der Waals surface area contributed by atoms with Gasteiger partial charge in [-0.1, -0.05) is 39.5 Å². The van der Waals surface area contributed by atoms with Gasteiger partial charge >= 0.3 is 0 Å². The van der Waals surface area contributed by atoms with Gasteiger partial charge in [0.1, 0.15) is 0 Å². The fourth-order valence-electron chi connectivity index (χ4n) is 1.38. The van der Waals surface area contributed by atoms with E-state index in [1.165, 1.54) is 51.6 Å². The van der Waals surface area contributed by atoms with Crippen molar-refractivity contribution in [2.24, 2.45) is 0 Å². The highest BCUT2D eigenvalue weighted by atomic mass is 35.5. The van der Waals surface area contributed by atoms with Crippen molar-refractivity contribution in [1.82, 2.24) is 4.90 Å². The first-order valence-electron chi connectivity index (χ1n) is 5.49. The fourth-order valence-corrected chi connectivity index (χ4v) is 1.38. The Kier molecular flexibility index (Phi) is 14.8. The number of unbranched alkanes of at least 4 members (excludes halogenated alkanes) is 3. The van der Waals surface area contributed by atoms with Crippen LogP contribution in [0.4, 0.5) is 0 Å². The Bertz CT molecular complexity index is 76.2. The van der Waals surface area contributed by atoms with E-state index in [0.717, 1.165) is 0 Å². The van der Waals surface area contributed by atoms with Crippen LogP contribution in [0, 0.1) is 0 Å². The molecule has 1 nitrogen and oxygen atoms in total. The predicted molar refractivity (Wildman–Crippen MR) is 63.8 cm³/mol. The predicted octanol–water partition coefficient (Wildman–Crippen LogP) is 3.72. The van der Waals surface area contributed by atoms with E-state index in [1.54, 1.807) is 0 Å². The molecule has 1 aliphatic rings. The smallest absolute Gasteiger partial charge is 0.00213 e. The number of hydrogen-bond acceptors (Lipinski definition) is 1.